The maximum Gasteiger partial charge on any atom is 0.254 e. The van der Waals surface area contributed by atoms with Gasteiger partial charge in [0.15, 0.2) is 5.82 Å². The van der Waals surface area contributed by atoms with Crippen LogP contribution in [0.2, 0.25) is 0 Å². The Kier molecular flexibility index (Phi) is 5.69. The first-order valence-corrected chi connectivity index (χ1v) is 9.15. The Hall–Kier alpha value is -2.96. The highest BCUT2D eigenvalue weighted by molar-refractivity contribution is 5.94. The molecule has 0 aliphatic carbocycles. The van der Waals surface area contributed by atoms with Gasteiger partial charge in [-0.2, -0.15) is 4.98 Å². The van der Waals surface area contributed by atoms with Gasteiger partial charge < -0.3 is 9.64 Å². The van der Waals surface area contributed by atoms with Crippen LogP contribution in [0.3, 0.4) is 0 Å². The number of nitrogens with zero attached hydrogens (tertiary/aromatic N) is 5. The van der Waals surface area contributed by atoms with E-state index in [9.17, 15) is 4.79 Å². The van der Waals surface area contributed by atoms with Crippen molar-refractivity contribution in [3.8, 4) is 5.75 Å². The van der Waals surface area contributed by atoms with E-state index in [-0.39, 0.29) is 5.91 Å². The Morgan fingerprint density at radius 3 is 2.59 bits per heavy atom. The maximum absolute atomic E-state index is 13.0. The third-order valence-corrected chi connectivity index (χ3v) is 4.40. The molecule has 7 nitrogen and oxygen atoms in total. The molecular weight excluding hydrogens is 342 g/mol. The van der Waals surface area contributed by atoms with Crippen LogP contribution < -0.4 is 4.74 Å². The van der Waals surface area contributed by atoms with Crippen molar-refractivity contribution in [2.75, 3.05) is 13.7 Å². The minimum absolute atomic E-state index is 0.0363. The van der Waals surface area contributed by atoms with Crippen molar-refractivity contribution in [3.63, 3.8) is 0 Å². The highest BCUT2D eigenvalue weighted by atomic mass is 16.5. The molecule has 0 unspecified atom stereocenters. The summed E-state index contributed by atoms with van der Waals surface area (Å²) in [5.41, 5.74) is 2.50. The van der Waals surface area contributed by atoms with Gasteiger partial charge >= 0.3 is 0 Å². The second-order valence-electron chi connectivity index (χ2n) is 6.59. The molecule has 3 aromatic rings. The molecule has 27 heavy (non-hydrogen) atoms. The molecule has 2 heterocycles. The van der Waals surface area contributed by atoms with Crippen molar-refractivity contribution in [2.24, 2.45) is 0 Å². The second kappa shape index (κ2) is 8.16. The molecule has 0 aliphatic heterocycles. The van der Waals surface area contributed by atoms with Crippen molar-refractivity contribution in [1.82, 2.24) is 24.5 Å². The zero-order chi connectivity index (χ0) is 19.4. The van der Waals surface area contributed by atoms with Crippen molar-refractivity contribution in [2.45, 2.75) is 40.2 Å². The van der Waals surface area contributed by atoms with E-state index in [2.05, 4.69) is 22.0 Å². The Morgan fingerprint density at radius 2 is 1.93 bits per heavy atom. The van der Waals surface area contributed by atoms with Gasteiger partial charge in [-0.15, -0.1) is 5.10 Å². The predicted molar refractivity (Wildman–Crippen MR) is 103 cm³/mol. The molecule has 3 rings (SSSR count). The first-order chi connectivity index (χ1) is 13.0. The highest BCUT2D eigenvalue weighted by Crippen LogP contribution is 2.15. The fourth-order valence-corrected chi connectivity index (χ4v) is 2.96. The topological polar surface area (TPSA) is 72.6 Å². The Bertz CT molecular complexity index is 933. The van der Waals surface area contributed by atoms with Crippen LogP contribution >= 0.6 is 0 Å². The van der Waals surface area contributed by atoms with Crippen LogP contribution in [0.5, 0.6) is 5.75 Å². The van der Waals surface area contributed by atoms with Crippen LogP contribution in [0.1, 0.15) is 47.3 Å². The highest BCUT2D eigenvalue weighted by Gasteiger charge is 2.19. The van der Waals surface area contributed by atoms with E-state index < -0.39 is 0 Å². The number of hydrogen-bond donors (Lipinski definition) is 0. The molecule has 0 spiro atoms. The molecule has 0 fully saturated rings. The van der Waals surface area contributed by atoms with E-state index in [0.29, 0.717) is 30.3 Å². The average molecular weight is 367 g/mol. The van der Waals surface area contributed by atoms with E-state index in [1.165, 1.54) is 0 Å². The summed E-state index contributed by atoms with van der Waals surface area (Å²) in [4.78, 5) is 23.7. The number of aryl methyl sites for hydroxylation is 2. The molecule has 2 aromatic heterocycles. The molecule has 0 N–H and O–H groups in total. The first kappa shape index (κ1) is 18.8. The Balaban J connectivity index is 1.85. The van der Waals surface area contributed by atoms with Gasteiger partial charge in [-0.3, -0.25) is 4.79 Å². The number of aromatic nitrogens is 4. The molecule has 142 valence electrons. The predicted octanol–water partition coefficient (Wildman–Crippen LogP) is 3.19. The molecular formula is C20H25N5O2. The Morgan fingerprint density at radius 1 is 1.19 bits per heavy atom. The van der Waals surface area contributed by atoms with Crippen LogP contribution in [0.15, 0.2) is 30.3 Å². The van der Waals surface area contributed by atoms with E-state index in [4.69, 9.17) is 4.74 Å². The SMILES string of the molecule is CCCCN(Cc1nc2nc(C)cc(C)n2n1)C(=O)c1ccc(OC)cc1. The number of ether oxygens (including phenoxy) is 1. The van der Waals surface area contributed by atoms with Gasteiger partial charge in [0, 0.05) is 23.5 Å². The second-order valence-corrected chi connectivity index (χ2v) is 6.59. The average Bonchev–Trinajstić information content (AvgIpc) is 3.07. The molecule has 7 heteroatoms. The van der Waals surface area contributed by atoms with Gasteiger partial charge in [0.05, 0.1) is 13.7 Å². The zero-order valence-corrected chi connectivity index (χ0v) is 16.3. The minimum Gasteiger partial charge on any atom is -0.497 e. The van der Waals surface area contributed by atoms with E-state index >= 15 is 0 Å². The summed E-state index contributed by atoms with van der Waals surface area (Å²) in [6.07, 6.45) is 1.93. The summed E-state index contributed by atoms with van der Waals surface area (Å²) in [6, 6.07) is 9.12. The van der Waals surface area contributed by atoms with Crippen molar-refractivity contribution in [3.05, 3.63) is 53.1 Å². The lowest BCUT2D eigenvalue weighted by atomic mass is 10.1. The fourth-order valence-electron chi connectivity index (χ4n) is 2.96. The van der Waals surface area contributed by atoms with Gasteiger partial charge in [0.25, 0.3) is 11.7 Å². The lowest BCUT2D eigenvalue weighted by Gasteiger charge is -2.21. The van der Waals surface area contributed by atoms with Crippen molar-refractivity contribution in [1.29, 1.82) is 0 Å². The molecule has 0 radical (unpaired) electrons. The summed E-state index contributed by atoms with van der Waals surface area (Å²) in [6.45, 7) is 7.02. The van der Waals surface area contributed by atoms with Crippen LogP contribution in [0, 0.1) is 13.8 Å². The van der Waals surface area contributed by atoms with Crippen molar-refractivity contribution >= 4 is 11.7 Å². The van der Waals surface area contributed by atoms with Gasteiger partial charge in [0.1, 0.15) is 5.75 Å². The number of rotatable bonds is 7. The maximum atomic E-state index is 13.0. The monoisotopic (exact) mass is 367 g/mol. The quantitative estimate of drug-likeness (QED) is 0.641. The molecule has 0 aliphatic rings. The number of amides is 1. The number of carbonyl (C=O) groups excluding carboxylic acids is 1. The van der Waals surface area contributed by atoms with Gasteiger partial charge in [-0.1, -0.05) is 13.3 Å². The van der Waals surface area contributed by atoms with Crippen LogP contribution in [0.4, 0.5) is 0 Å². The van der Waals surface area contributed by atoms with E-state index in [1.54, 1.807) is 40.8 Å². The van der Waals surface area contributed by atoms with Crippen molar-refractivity contribution < 1.29 is 9.53 Å². The zero-order valence-electron chi connectivity index (χ0n) is 16.3. The van der Waals surface area contributed by atoms with Crippen LogP contribution in [-0.4, -0.2) is 44.0 Å². The summed E-state index contributed by atoms with van der Waals surface area (Å²) in [7, 11) is 1.61. The number of carbonyl (C=O) groups is 1. The third-order valence-electron chi connectivity index (χ3n) is 4.40. The standard InChI is InChI=1S/C20H25N5O2/c1-5-6-11-24(19(26)16-7-9-17(27-4)10-8-16)13-18-22-20-21-14(2)12-15(3)25(20)23-18/h7-10,12H,5-6,11,13H2,1-4H3. The van der Waals surface area contributed by atoms with Crippen LogP contribution in [0.25, 0.3) is 5.78 Å². The minimum atomic E-state index is -0.0363. The van der Waals surface area contributed by atoms with Gasteiger partial charge in [-0.05, 0) is 50.6 Å². The molecule has 0 saturated carbocycles. The molecule has 0 bridgehead atoms. The number of methoxy groups -OCH3 is 1. The molecule has 0 atom stereocenters. The van der Waals surface area contributed by atoms with E-state index in [0.717, 1.165) is 30.0 Å². The third kappa shape index (κ3) is 4.24. The number of fused-ring (bicyclic) bond motifs is 1. The summed E-state index contributed by atoms with van der Waals surface area (Å²) in [5.74, 6) is 1.85. The first-order valence-electron chi connectivity index (χ1n) is 9.15. The van der Waals surface area contributed by atoms with Crippen LogP contribution in [-0.2, 0) is 6.54 Å². The summed E-state index contributed by atoms with van der Waals surface area (Å²) >= 11 is 0. The molecule has 0 saturated heterocycles. The molecule has 1 amide bonds. The fraction of sp³-hybridized carbons (Fsp3) is 0.400. The summed E-state index contributed by atoms with van der Waals surface area (Å²) < 4.78 is 6.89. The number of hydrogen-bond acceptors (Lipinski definition) is 5. The normalized spacial score (nSPS) is 11.0. The lowest BCUT2D eigenvalue weighted by Crippen LogP contribution is -2.32. The van der Waals surface area contributed by atoms with Gasteiger partial charge in [0.2, 0.25) is 0 Å². The van der Waals surface area contributed by atoms with Gasteiger partial charge in [-0.25, -0.2) is 9.50 Å². The molecule has 1 aromatic carbocycles. The summed E-state index contributed by atoms with van der Waals surface area (Å²) in [5, 5.41) is 4.53. The largest absolute Gasteiger partial charge is 0.497 e. The number of benzene rings is 1. The van der Waals surface area contributed by atoms with E-state index in [1.807, 2.05) is 19.9 Å². The Labute approximate surface area is 159 Å². The smallest absolute Gasteiger partial charge is 0.254 e. The lowest BCUT2D eigenvalue weighted by molar-refractivity contribution is 0.0736. The number of unbranched alkanes of at least 4 members (excludes halogenated alkanes) is 1.